The molecule has 2 atom stereocenters. The molecule has 1 aliphatic heterocycles. The Bertz CT molecular complexity index is 391. The highest BCUT2D eigenvalue weighted by molar-refractivity contribution is 7.87. The zero-order valence-electron chi connectivity index (χ0n) is 12.8. The summed E-state index contributed by atoms with van der Waals surface area (Å²) < 4.78 is 29.1. The van der Waals surface area contributed by atoms with Gasteiger partial charge < -0.3 is 5.32 Å². The van der Waals surface area contributed by atoms with Crippen LogP contribution in [0.5, 0.6) is 0 Å². The molecule has 0 aromatic heterocycles. The van der Waals surface area contributed by atoms with E-state index in [9.17, 15) is 8.42 Å². The summed E-state index contributed by atoms with van der Waals surface area (Å²) in [5.74, 6) is 1.78. The molecule has 0 aromatic carbocycles. The first kappa shape index (κ1) is 16.2. The van der Waals surface area contributed by atoms with Crippen molar-refractivity contribution in [3.63, 3.8) is 0 Å². The van der Waals surface area contributed by atoms with Crippen LogP contribution in [0.2, 0.25) is 0 Å². The number of nitrogens with one attached hydrogen (secondary N) is 2. The lowest BCUT2D eigenvalue weighted by molar-refractivity contribution is 0.267. The first-order valence-corrected chi connectivity index (χ1v) is 9.36. The summed E-state index contributed by atoms with van der Waals surface area (Å²) in [5.41, 5.74) is 0. The number of hydrogen-bond acceptors (Lipinski definition) is 3. The summed E-state index contributed by atoms with van der Waals surface area (Å²) >= 11 is 0. The Hall–Kier alpha value is -0.170. The van der Waals surface area contributed by atoms with Crippen molar-refractivity contribution in [1.82, 2.24) is 14.3 Å². The molecule has 2 aliphatic rings. The van der Waals surface area contributed by atoms with E-state index in [1.165, 1.54) is 12.8 Å². The lowest BCUT2D eigenvalue weighted by Crippen LogP contribution is -2.47. The van der Waals surface area contributed by atoms with Crippen LogP contribution in [0.25, 0.3) is 0 Å². The predicted molar refractivity (Wildman–Crippen MR) is 81.7 cm³/mol. The zero-order chi connectivity index (χ0) is 14.6. The van der Waals surface area contributed by atoms with Gasteiger partial charge in [0.15, 0.2) is 0 Å². The minimum Gasteiger partial charge on any atom is -0.319 e. The van der Waals surface area contributed by atoms with Crippen molar-refractivity contribution in [1.29, 1.82) is 0 Å². The van der Waals surface area contributed by atoms with Crippen LogP contribution in [0, 0.1) is 17.8 Å². The van der Waals surface area contributed by atoms with Crippen molar-refractivity contribution >= 4 is 10.2 Å². The van der Waals surface area contributed by atoms with Crippen LogP contribution in [0.1, 0.15) is 39.0 Å². The van der Waals surface area contributed by atoms with Gasteiger partial charge in [0, 0.05) is 19.6 Å². The van der Waals surface area contributed by atoms with Crippen molar-refractivity contribution < 1.29 is 8.42 Å². The van der Waals surface area contributed by atoms with Gasteiger partial charge in [-0.3, -0.25) is 0 Å². The van der Waals surface area contributed by atoms with Gasteiger partial charge in [-0.2, -0.15) is 12.7 Å². The Labute approximate surface area is 123 Å². The molecule has 2 unspecified atom stereocenters. The summed E-state index contributed by atoms with van der Waals surface area (Å²) in [6.45, 7) is 5.14. The van der Waals surface area contributed by atoms with Crippen molar-refractivity contribution in [2.75, 3.05) is 33.2 Å². The van der Waals surface area contributed by atoms with Crippen molar-refractivity contribution in [3.8, 4) is 0 Å². The highest BCUT2D eigenvalue weighted by atomic mass is 32.2. The molecule has 0 aromatic rings. The SMILES string of the molecule is CNCC1CCN(S(=O)(=O)NCC2CCCC2C)CC1. The summed E-state index contributed by atoms with van der Waals surface area (Å²) in [6.07, 6.45) is 5.56. The Morgan fingerprint density at radius 2 is 1.80 bits per heavy atom. The lowest BCUT2D eigenvalue weighted by Gasteiger charge is -2.31. The fraction of sp³-hybridized carbons (Fsp3) is 1.00. The normalized spacial score (nSPS) is 29.9. The maximum atomic E-state index is 12.3. The molecule has 118 valence electrons. The third kappa shape index (κ3) is 4.16. The number of hydrogen-bond donors (Lipinski definition) is 2. The van der Waals surface area contributed by atoms with Gasteiger partial charge in [-0.1, -0.05) is 19.8 Å². The average molecular weight is 303 g/mol. The van der Waals surface area contributed by atoms with E-state index in [0.717, 1.165) is 25.8 Å². The summed E-state index contributed by atoms with van der Waals surface area (Å²) in [5, 5.41) is 3.17. The Morgan fingerprint density at radius 1 is 1.10 bits per heavy atom. The molecule has 0 bridgehead atoms. The van der Waals surface area contributed by atoms with Crippen LogP contribution in [-0.2, 0) is 10.2 Å². The van der Waals surface area contributed by atoms with Crippen LogP contribution in [0.4, 0.5) is 0 Å². The number of rotatable bonds is 6. The molecular weight excluding hydrogens is 274 g/mol. The van der Waals surface area contributed by atoms with Gasteiger partial charge in [0.05, 0.1) is 0 Å². The van der Waals surface area contributed by atoms with Gasteiger partial charge in [-0.25, -0.2) is 4.72 Å². The molecule has 6 heteroatoms. The first-order chi connectivity index (χ1) is 9.53. The third-order valence-corrected chi connectivity index (χ3v) is 6.55. The van der Waals surface area contributed by atoms with E-state index in [1.807, 2.05) is 7.05 Å². The Balaban J connectivity index is 1.79. The fourth-order valence-electron chi connectivity index (χ4n) is 3.47. The molecule has 1 saturated heterocycles. The lowest BCUT2D eigenvalue weighted by atomic mass is 9.98. The summed E-state index contributed by atoms with van der Waals surface area (Å²) in [7, 11) is -1.32. The van der Waals surface area contributed by atoms with E-state index in [2.05, 4.69) is 17.0 Å². The molecule has 20 heavy (non-hydrogen) atoms. The second kappa shape index (κ2) is 7.20. The van der Waals surface area contributed by atoms with Crippen molar-refractivity contribution in [3.05, 3.63) is 0 Å². The van der Waals surface area contributed by atoms with E-state index in [-0.39, 0.29) is 0 Å². The monoisotopic (exact) mass is 303 g/mol. The van der Waals surface area contributed by atoms with Crippen molar-refractivity contribution in [2.45, 2.75) is 39.0 Å². The van der Waals surface area contributed by atoms with E-state index < -0.39 is 10.2 Å². The molecule has 1 saturated carbocycles. The Kier molecular flexibility index (Phi) is 5.84. The van der Waals surface area contributed by atoms with Gasteiger partial charge in [0.1, 0.15) is 0 Å². The molecule has 0 radical (unpaired) electrons. The minimum absolute atomic E-state index is 0.520. The highest BCUT2D eigenvalue weighted by Gasteiger charge is 2.30. The summed E-state index contributed by atoms with van der Waals surface area (Å²) in [6, 6.07) is 0. The van der Waals surface area contributed by atoms with Gasteiger partial charge in [0.25, 0.3) is 10.2 Å². The topological polar surface area (TPSA) is 61.4 Å². The average Bonchev–Trinajstić information content (AvgIpc) is 2.83. The van der Waals surface area contributed by atoms with E-state index >= 15 is 0 Å². The second-order valence-corrected chi connectivity index (χ2v) is 8.18. The molecule has 1 heterocycles. The zero-order valence-corrected chi connectivity index (χ0v) is 13.6. The van der Waals surface area contributed by atoms with Crippen LogP contribution in [0.3, 0.4) is 0 Å². The second-order valence-electron chi connectivity index (χ2n) is 6.42. The summed E-state index contributed by atoms with van der Waals surface area (Å²) in [4.78, 5) is 0. The molecule has 2 N–H and O–H groups in total. The van der Waals surface area contributed by atoms with Gasteiger partial charge in [0.2, 0.25) is 0 Å². The minimum atomic E-state index is -3.27. The number of nitrogens with zero attached hydrogens (tertiary/aromatic N) is 1. The molecule has 5 nitrogen and oxygen atoms in total. The maximum Gasteiger partial charge on any atom is 0.279 e. The van der Waals surface area contributed by atoms with E-state index in [4.69, 9.17) is 0 Å². The van der Waals surface area contributed by atoms with Crippen molar-refractivity contribution in [2.24, 2.45) is 17.8 Å². The molecule has 2 rings (SSSR count). The van der Waals surface area contributed by atoms with Gasteiger partial charge >= 0.3 is 0 Å². The molecule has 0 spiro atoms. The van der Waals surface area contributed by atoms with E-state index in [1.54, 1.807) is 4.31 Å². The van der Waals surface area contributed by atoms with Crippen LogP contribution >= 0.6 is 0 Å². The molecular formula is C14H29N3O2S. The molecule has 2 fully saturated rings. The Morgan fingerprint density at radius 3 is 2.35 bits per heavy atom. The van der Waals surface area contributed by atoms with Crippen LogP contribution in [-0.4, -0.2) is 45.9 Å². The third-order valence-electron chi connectivity index (χ3n) is 4.97. The predicted octanol–water partition coefficient (Wildman–Crippen LogP) is 1.19. The van der Waals surface area contributed by atoms with E-state index in [0.29, 0.717) is 37.4 Å². The standard InChI is InChI=1S/C14H29N3O2S/c1-12-4-3-5-14(12)11-16-20(18,19)17-8-6-13(7-9-17)10-15-2/h12-16H,3-11H2,1-2H3. The largest absolute Gasteiger partial charge is 0.319 e. The first-order valence-electron chi connectivity index (χ1n) is 7.92. The number of piperidine rings is 1. The van der Waals surface area contributed by atoms with Gasteiger partial charge in [-0.15, -0.1) is 0 Å². The fourth-order valence-corrected chi connectivity index (χ4v) is 4.77. The molecule has 0 amide bonds. The smallest absolute Gasteiger partial charge is 0.279 e. The maximum absolute atomic E-state index is 12.3. The van der Waals surface area contributed by atoms with Crippen LogP contribution in [0.15, 0.2) is 0 Å². The van der Waals surface area contributed by atoms with Crippen LogP contribution < -0.4 is 10.0 Å². The molecule has 1 aliphatic carbocycles. The highest BCUT2D eigenvalue weighted by Crippen LogP contribution is 2.30. The van der Waals surface area contributed by atoms with Gasteiger partial charge in [-0.05, 0) is 50.6 Å². The quantitative estimate of drug-likeness (QED) is 0.775.